The quantitative estimate of drug-likeness (QED) is 0.896. The number of benzene rings is 1. The Hall–Kier alpha value is -1.22. The molecule has 0 unspecified atom stereocenters. The number of hydrogen-bond acceptors (Lipinski definition) is 3. The third kappa shape index (κ3) is 3.66. The van der Waals surface area contributed by atoms with Crippen LogP contribution in [0.1, 0.15) is 36.1 Å². The number of nitrogens with zero attached hydrogens (tertiary/aromatic N) is 1. The van der Waals surface area contributed by atoms with Crippen molar-refractivity contribution in [2.45, 2.75) is 40.5 Å². The van der Waals surface area contributed by atoms with Gasteiger partial charge in [0.25, 0.3) is 0 Å². The molecule has 2 rings (SSSR count). The molecular weight excluding hydrogens is 272 g/mol. The van der Waals surface area contributed by atoms with Gasteiger partial charge >= 0.3 is 0 Å². The number of nitrogens with one attached hydrogen (secondary N) is 1. The molecule has 0 bridgehead atoms. The second-order valence-corrected chi connectivity index (χ2v) is 5.83. The van der Waals surface area contributed by atoms with Crippen molar-refractivity contribution in [1.82, 2.24) is 5.32 Å². The molecule has 0 saturated heterocycles. The van der Waals surface area contributed by atoms with Gasteiger partial charge in [-0.05, 0) is 48.4 Å². The number of aryl methyl sites for hydroxylation is 1. The van der Waals surface area contributed by atoms with Gasteiger partial charge in [-0.15, -0.1) is 12.4 Å². The molecule has 0 atom stereocenters. The lowest BCUT2D eigenvalue weighted by Crippen LogP contribution is -2.21. The highest BCUT2D eigenvalue weighted by Crippen LogP contribution is 2.30. The van der Waals surface area contributed by atoms with Gasteiger partial charge in [-0.25, -0.2) is 0 Å². The highest BCUT2D eigenvalue weighted by molar-refractivity contribution is 5.86. The van der Waals surface area contributed by atoms with Crippen molar-refractivity contribution in [3.63, 3.8) is 0 Å². The van der Waals surface area contributed by atoms with E-state index in [1.165, 1.54) is 11.1 Å². The van der Waals surface area contributed by atoms with Crippen molar-refractivity contribution in [3.8, 4) is 5.75 Å². The molecule has 112 valence electrons. The van der Waals surface area contributed by atoms with Crippen LogP contribution in [0.3, 0.4) is 0 Å². The summed E-state index contributed by atoms with van der Waals surface area (Å²) in [6.45, 7) is 10.3. The van der Waals surface area contributed by atoms with Crippen LogP contribution in [0.15, 0.2) is 11.1 Å². The Morgan fingerprint density at radius 1 is 1.35 bits per heavy atom. The van der Waals surface area contributed by atoms with Gasteiger partial charge in [0.05, 0.1) is 6.54 Å². The molecule has 1 heterocycles. The van der Waals surface area contributed by atoms with Crippen LogP contribution in [0, 0.1) is 19.8 Å². The zero-order valence-corrected chi connectivity index (χ0v) is 13.6. The number of phenols is 1. The largest absolute Gasteiger partial charge is 0.507 e. The maximum atomic E-state index is 10.4. The summed E-state index contributed by atoms with van der Waals surface area (Å²) in [5.74, 6) is 2.06. The van der Waals surface area contributed by atoms with Crippen LogP contribution in [0.25, 0.3) is 0 Å². The highest BCUT2D eigenvalue weighted by atomic mass is 35.5. The van der Waals surface area contributed by atoms with E-state index in [9.17, 15) is 5.11 Å². The molecule has 0 aliphatic carbocycles. The molecular formula is C16H25ClN2O. The van der Waals surface area contributed by atoms with Crippen molar-refractivity contribution < 1.29 is 5.11 Å². The van der Waals surface area contributed by atoms with E-state index in [4.69, 9.17) is 0 Å². The molecule has 2 N–H and O–H groups in total. The van der Waals surface area contributed by atoms with Gasteiger partial charge in [-0.2, -0.15) is 0 Å². The van der Waals surface area contributed by atoms with Crippen LogP contribution in [-0.2, 0) is 12.8 Å². The number of hydrogen-bond donors (Lipinski definition) is 2. The second-order valence-electron chi connectivity index (χ2n) is 5.83. The molecule has 3 nitrogen and oxygen atoms in total. The van der Waals surface area contributed by atoms with Crippen molar-refractivity contribution in [1.29, 1.82) is 0 Å². The third-order valence-corrected chi connectivity index (χ3v) is 3.69. The summed E-state index contributed by atoms with van der Waals surface area (Å²) in [6.07, 6.45) is 1.72. The molecule has 0 amide bonds. The van der Waals surface area contributed by atoms with Crippen LogP contribution >= 0.6 is 12.4 Å². The van der Waals surface area contributed by atoms with Crippen LogP contribution in [0.2, 0.25) is 0 Å². The maximum absolute atomic E-state index is 10.4. The smallest absolute Gasteiger partial charge is 0.121 e. The molecule has 1 aromatic carbocycles. The van der Waals surface area contributed by atoms with Crippen molar-refractivity contribution in [3.05, 3.63) is 28.3 Å². The highest BCUT2D eigenvalue weighted by Gasteiger charge is 2.16. The number of rotatable bonds is 4. The lowest BCUT2D eigenvalue weighted by atomic mass is 9.92. The SMILES string of the molecule is Cc1cc(CC(C)C)c(O)c(C)c1CC1=NCCN1.Cl. The average Bonchev–Trinajstić information content (AvgIpc) is 2.83. The Bertz CT molecular complexity index is 510. The lowest BCUT2D eigenvalue weighted by molar-refractivity contribution is 0.457. The molecule has 1 aliphatic heterocycles. The van der Waals surface area contributed by atoms with Crippen LogP contribution in [0.4, 0.5) is 0 Å². The van der Waals surface area contributed by atoms with Crippen LogP contribution in [-0.4, -0.2) is 24.0 Å². The van der Waals surface area contributed by atoms with Crippen LogP contribution in [0.5, 0.6) is 5.75 Å². The van der Waals surface area contributed by atoms with Gasteiger partial charge in [0.15, 0.2) is 0 Å². The van der Waals surface area contributed by atoms with Gasteiger partial charge < -0.3 is 10.4 Å². The first-order valence-corrected chi connectivity index (χ1v) is 7.07. The molecule has 0 spiro atoms. The van der Waals surface area contributed by atoms with E-state index in [-0.39, 0.29) is 12.4 Å². The summed E-state index contributed by atoms with van der Waals surface area (Å²) in [5.41, 5.74) is 4.53. The Morgan fingerprint density at radius 2 is 2.05 bits per heavy atom. The molecule has 4 heteroatoms. The van der Waals surface area contributed by atoms with Crippen molar-refractivity contribution >= 4 is 18.2 Å². The number of phenolic OH excluding ortho intramolecular Hbond substituents is 1. The second kappa shape index (κ2) is 6.98. The lowest BCUT2D eigenvalue weighted by Gasteiger charge is -2.16. The fraction of sp³-hybridized carbons (Fsp3) is 0.562. The summed E-state index contributed by atoms with van der Waals surface area (Å²) in [4.78, 5) is 4.44. The standard InChI is InChI=1S/C16H24N2O.ClH/c1-10(2)7-13-8-11(3)14(12(4)16(13)19)9-15-17-5-6-18-15;/h8,10,19H,5-7,9H2,1-4H3,(H,17,18);1H. The van der Waals surface area contributed by atoms with E-state index in [2.05, 4.69) is 37.1 Å². The first-order chi connectivity index (χ1) is 8.99. The molecule has 0 saturated carbocycles. The van der Waals surface area contributed by atoms with E-state index >= 15 is 0 Å². The van der Waals surface area contributed by atoms with Crippen molar-refractivity contribution in [2.75, 3.05) is 13.1 Å². The van der Waals surface area contributed by atoms with Gasteiger partial charge in [-0.3, -0.25) is 4.99 Å². The average molecular weight is 297 g/mol. The van der Waals surface area contributed by atoms with E-state index in [0.717, 1.165) is 42.9 Å². The molecule has 1 aliphatic rings. The minimum absolute atomic E-state index is 0. The van der Waals surface area contributed by atoms with E-state index in [0.29, 0.717) is 11.7 Å². The zero-order valence-electron chi connectivity index (χ0n) is 12.8. The number of aromatic hydroxyl groups is 1. The monoisotopic (exact) mass is 296 g/mol. The third-order valence-electron chi connectivity index (χ3n) is 3.69. The zero-order chi connectivity index (χ0) is 14.0. The Labute approximate surface area is 127 Å². The Kier molecular flexibility index (Phi) is 5.88. The normalized spacial score (nSPS) is 13.9. The predicted octanol–water partition coefficient (Wildman–Crippen LogP) is 3.17. The molecule has 0 fully saturated rings. The van der Waals surface area contributed by atoms with Gasteiger partial charge in [0.2, 0.25) is 0 Å². The minimum Gasteiger partial charge on any atom is -0.507 e. The van der Waals surface area contributed by atoms with Gasteiger partial charge in [-0.1, -0.05) is 19.9 Å². The summed E-state index contributed by atoms with van der Waals surface area (Å²) < 4.78 is 0. The topological polar surface area (TPSA) is 44.6 Å². The fourth-order valence-corrected chi connectivity index (χ4v) is 2.70. The van der Waals surface area contributed by atoms with Crippen LogP contribution < -0.4 is 5.32 Å². The van der Waals surface area contributed by atoms with Crippen molar-refractivity contribution in [2.24, 2.45) is 10.9 Å². The summed E-state index contributed by atoms with van der Waals surface area (Å²) in [6, 6.07) is 2.13. The Morgan fingerprint density at radius 3 is 2.60 bits per heavy atom. The van der Waals surface area contributed by atoms with E-state index in [1.54, 1.807) is 0 Å². The maximum Gasteiger partial charge on any atom is 0.121 e. The first kappa shape index (κ1) is 16.8. The fourth-order valence-electron chi connectivity index (χ4n) is 2.70. The van der Waals surface area contributed by atoms with E-state index in [1.807, 2.05) is 6.92 Å². The molecule has 0 aromatic heterocycles. The van der Waals surface area contributed by atoms with Gasteiger partial charge in [0.1, 0.15) is 11.6 Å². The summed E-state index contributed by atoms with van der Waals surface area (Å²) in [5, 5.41) is 13.7. The van der Waals surface area contributed by atoms with Gasteiger partial charge in [0, 0.05) is 13.0 Å². The minimum atomic E-state index is 0. The number of amidine groups is 1. The molecule has 20 heavy (non-hydrogen) atoms. The summed E-state index contributed by atoms with van der Waals surface area (Å²) >= 11 is 0. The molecule has 0 radical (unpaired) electrons. The predicted molar refractivity (Wildman–Crippen MR) is 87.4 cm³/mol. The number of aliphatic imine (C=N–C) groups is 1. The Balaban J connectivity index is 0.00000200. The summed E-state index contributed by atoms with van der Waals surface area (Å²) in [7, 11) is 0. The van der Waals surface area contributed by atoms with E-state index < -0.39 is 0 Å². The molecule has 1 aromatic rings. The first-order valence-electron chi connectivity index (χ1n) is 7.07. The number of halogens is 1.